The van der Waals surface area contributed by atoms with E-state index in [0.29, 0.717) is 34.4 Å². The molecule has 4 aromatic heterocycles. The van der Waals surface area contributed by atoms with E-state index in [9.17, 15) is 2.74 Å². The van der Waals surface area contributed by atoms with Crippen LogP contribution in [0.5, 0.6) is 11.5 Å². The number of hydrogen-bond acceptors (Lipinski definition) is 2. The van der Waals surface area contributed by atoms with Gasteiger partial charge in [0.2, 0.25) is 0 Å². The summed E-state index contributed by atoms with van der Waals surface area (Å²) < 4.78 is 59.9. The van der Waals surface area contributed by atoms with Gasteiger partial charge in [-0.05, 0) is 116 Å². The fourth-order valence-electron chi connectivity index (χ4n) is 11.1. The van der Waals surface area contributed by atoms with Gasteiger partial charge in [-0.2, -0.15) is 18.2 Å². The Kier molecular flexibility index (Phi) is 11.7. The van der Waals surface area contributed by atoms with Gasteiger partial charge in [-0.1, -0.05) is 188 Å². The number of fused-ring (bicyclic) bond motifs is 7. The predicted octanol–water partition coefficient (Wildman–Crippen LogP) is 17.8. The number of ether oxygens (including phenoxy) is 1. The van der Waals surface area contributed by atoms with E-state index in [-0.39, 0.29) is 49.5 Å². The van der Waals surface area contributed by atoms with Crippen LogP contribution in [-0.2, 0) is 38.3 Å². The zero-order chi connectivity index (χ0) is 57.8. The van der Waals surface area contributed by atoms with E-state index in [0.717, 1.165) is 84.1 Å². The van der Waals surface area contributed by atoms with E-state index in [1.807, 2.05) is 82.1 Å². The first kappa shape index (κ1) is 45.7. The maximum Gasteiger partial charge on any atom is 0.268 e. The molecular weight excluding hydrogens is 1150 g/mol. The molecule has 0 aliphatic heterocycles. The van der Waals surface area contributed by atoms with Crippen molar-refractivity contribution in [3.05, 3.63) is 241 Å². The summed E-state index contributed by atoms with van der Waals surface area (Å²) in [6.45, 7) is 17.7. The van der Waals surface area contributed by atoms with Crippen molar-refractivity contribution in [2.24, 2.45) is 5.92 Å². The van der Waals surface area contributed by atoms with Gasteiger partial charge in [0.25, 0.3) is 6.33 Å². The Hall–Kier alpha value is -8.31. The molecule has 0 fully saturated rings. The van der Waals surface area contributed by atoms with E-state index < -0.39 is 18.1 Å². The molecule has 0 amide bonds. The third-order valence-electron chi connectivity index (χ3n) is 14.9. The molecule has 7 heteroatoms. The molecule has 13 aromatic rings. The Morgan fingerprint density at radius 2 is 1.20 bits per heavy atom. The number of hydrogen-bond donors (Lipinski definition) is 0. The van der Waals surface area contributed by atoms with Crippen molar-refractivity contribution < 1.29 is 37.2 Å². The zero-order valence-electron chi connectivity index (χ0n) is 50.5. The van der Waals surface area contributed by atoms with Gasteiger partial charge in [0.05, 0.1) is 34.6 Å². The van der Waals surface area contributed by atoms with Crippen molar-refractivity contribution in [3.8, 4) is 56.6 Å². The molecule has 4 heterocycles. The maximum atomic E-state index is 9.28. The Labute approximate surface area is 484 Å². The number of rotatable bonds is 10. The fraction of sp³-hybridized carbons (Fsp3) is 0.167. The molecule has 0 N–H and O–H groups in total. The van der Waals surface area contributed by atoms with Crippen molar-refractivity contribution >= 4 is 54.6 Å². The van der Waals surface area contributed by atoms with Crippen LogP contribution in [0.25, 0.3) is 99.8 Å². The third kappa shape index (κ3) is 9.36. The zero-order valence-corrected chi connectivity index (χ0v) is 47.8. The van der Waals surface area contributed by atoms with Gasteiger partial charge >= 0.3 is 0 Å². The molecule has 13 rings (SSSR count). The third-order valence-corrected chi connectivity index (χ3v) is 14.9. The molecule has 0 spiro atoms. The summed E-state index contributed by atoms with van der Waals surface area (Å²) in [7, 11) is 0. The van der Waals surface area contributed by atoms with E-state index in [1.54, 1.807) is 0 Å². The number of imidazole rings is 1. The van der Waals surface area contributed by atoms with E-state index in [2.05, 4.69) is 186 Å². The van der Waals surface area contributed by atoms with Crippen molar-refractivity contribution in [2.45, 2.75) is 72.6 Å². The van der Waals surface area contributed by atoms with E-state index in [1.165, 1.54) is 16.3 Å². The van der Waals surface area contributed by atoms with E-state index >= 15 is 0 Å². The summed E-state index contributed by atoms with van der Waals surface area (Å²) in [5, 5.41) is 4.47. The quantitative estimate of drug-likeness (QED) is 0.101. The fourth-order valence-corrected chi connectivity index (χ4v) is 11.1. The maximum absolute atomic E-state index is 9.28. The topological polar surface area (TPSA) is 40.8 Å². The second kappa shape index (κ2) is 20.2. The predicted molar refractivity (Wildman–Crippen MR) is 321 cm³/mol. The van der Waals surface area contributed by atoms with Gasteiger partial charge in [-0.15, -0.1) is 29.7 Å². The smallest absolute Gasteiger partial charge is 0.268 e. The number of pyridine rings is 1. The van der Waals surface area contributed by atoms with E-state index in [4.69, 9.17) is 13.8 Å². The Bertz CT molecular complexity index is 4660. The van der Waals surface area contributed by atoms with Gasteiger partial charge in [-0.3, -0.25) is 4.57 Å². The average molecular weight is 1210 g/mol. The van der Waals surface area contributed by atoms with Crippen molar-refractivity contribution in [3.63, 3.8) is 0 Å². The first-order valence-corrected chi connectivity index (χ1v) is 26.8. The first-order valence-electron chi connectivity index (χ1n) is 29.3. The summed E-state index contributed by atoms with van der Waals surface area (Å²) in [6.07, 6.45) is 6.50. The van der Waals surface area contributed by atoms with Crippen LogP contribution in [0.4, 0.5) is 0 Å². The molecule has 0 radical (unpaired) electrons. The molecule has 0 atom stereocenters. The van der Waals surface area contributed by atoms with Gasteiger partial charge < -0.3 is 18.4 Å². The summed E-state index contributed by atoms with van der Waals surface area (Å²) >= 11 is 0. The summed E-state index contributed by atoms with van der Waals surface area (Å²) in [5.74, 6) is 2.21. The molecule has 0 unspecified atom stereocenters. The van der Waals surface area contributed by atoms with Crippen LogP contribution < -0.4 is 9.30 Å². The molecule has 0 saturated carbocycles. The minimum absolute atomic E-state index is 0. The SMILES string of the molecule is [2H]c1c([2H])c([2H])c(-c2cccc(-c3cc(C(C)(C)C)cc(C(C)(C)C)c3)c2-[n+]2[c-]n(-c3[c-]c(Oc4[c-]c5c(cc4)c4cc(-n6c7ccccc7c7ccccc76)ccc4n5-c4cc(CC(C)C)ccn4)ccc3)c3ccccc32)c([2H])c1[2H].[Pt]. The summed E-state index contributed by atoms with van der Waals surface area (Å²) in [6, 6.07) is 63.8. The number of aromatic nitrogens is 5. The Morgan fingerprint density at radius 3 is 1.90 bits per heavy atom. The van der Waals surface area contributed by atoms with Gasteiger partial charge in [-0.25, -0.2) is 4.98 Å². The van der Waals surface area contributed by atoms with Gasteiger partial charge in [0.15, 0.2) is 0 Å². The van der Waals surface area contributed by atoms with Gasteiger partial charge in [0, 0.05) is 60.7 Å². The van der Waals surface area contributed by atoms with Crippen molar-refractivity contribution in [2.75, 3.05) is 0 Å². The molecule has 0 aliphatic rings. The molecule has 6 nitrogen and oxygen atoms in total. The molecule has 0 saturated heterocycles. The van der Waals surface area contributed by atoms with Crippen LogP contribution >= 0.6 is 0 Å². The molecule has 0 bridgehead atoms. The molecule has 9 aromatic carbocycles. The average Bonchev–Trinajstić information content (AvgIpc) is 1.74. The molecule has 0 aliphatic carbocycles. The normalized spacial score (nSPS) is 13.0. The van der Waals surface area contributed by atoms with Crippen LogP contribution in [0.3, 0.4) is 0 Å². The second-order valence-corrected chi connectivity index (χ2v) is 22.9. The molecular formula is C72H61N5OPt-2. The van der Waals surface area contributed by atoms with Crippen molar-refractivity contribution in [1.29, 1.82) is 0 Å². The largest absolute Gasteiger partial charge is 0.510 e. The van der Waals surface area contributed by atoms with Gasteiger partial charge in [0.1, 0.15) is 5.82 Å². The van der Waals surface area contributed by atoms with Crippen LogP contribution in [0, 0.1) is 24.4 Å². The minimum Gasteiger partial charge on any atom is -0.510 e. The number of para-hydroxylation sites is 5. The second-order valence-electron chi connectivity index (χ2n) is 22.9. The van der Waals surface area contributed by atoms with Crippen molar-refractivity contribution in [1.82, 2.24) is 18.7 Å². The molecule has 79 heavy (non-hydrogen) atoms. The molecule has 392 valence electrons. The van der Waals surface area contributed by atoms with Crippen LogP contribution in [-0.4, -0.2) is 18.7 Å². The Balaban J connectivity index is 0.00000694. The van der Waals surface area contributed by atoms with Crippen LogP contribution in [0.15, 0.2) is 206 Å². The summed E-state index contributed by atoms with van der Waals surface area (Å²) in [5.41, 5.74) is 13.4. The van der Waals surface area contributed by atoms with Crippen LogP contribution in [0.1, 0.15) is 78.9 Å². The monoisotopic (exact) mass is 1210 g/mol. The van der Waals surface area contributed by atoms with Crippen LogP contribution in [0.2, 0.25) is 0 Å². The first-order chi connectivity index (χ1) is 39.8. The Morgan fingerprint density at radius 1 is 0.570 bits per heavy atom. The minimum atomic E-state index is -0.448. The number of benzene rings is 9. The standard InChI is InChI=1S/C72H61N5O.Pt/c1-47(2)38-48-36-37-73-69(39-48)77-65-35-32-54(76-63-28-14-12-24-59(63)60-25-13-15-29-64(60)76)44-62(65)61-34-33-56(45-68(61)77)78-55-23-18-22-53(43-55)74-46-75(67-31-17-16-30-66(67)74)70-57(49-20-10-9-11-21-49)26-19-27-58(70)50-40-51(71(3,4)5)42-52(41-50)72(6,7)8;/h9-37,39-42,44,47H,38H2,1-8H3;/q-2;/i9D,10D,11D,20D,21D;. The number of nitrogens with zero attached hydrogens (tertiary/aromatic N) is 5. The summed E-state index contributed by atoms with van der Waals surface area (Å²) in [4.78, 5) is 4.98.